The number of pyridine rings is 1. The highest BCUT2D eigenvalue weighted by Gasteiger charge is 2.39. The Balaban J connectivity index is 1.15. The zero-order chi connectivity index (χ0) is 31.1. The second-order valence-corrected chi connectivity index (χ2v) is 13.9. The van der Waals surface area contributed by atoms with E-state index in [9.17, 15) is 13.2 Å². The van der Waals surface area contributed by atoms with Gasteiger partial charge in [-0.25, -0.2) is 13.1 Å². The molecule has 1 unspecified atom stereocenters. The maximum atomic E-state index is 13.8. The minimum absolute atomic E-state index is 0.0204. The Hall–Kier alpha value is -3.63. The molecule has 0 radical (unpaired) electrons. The van der Waals surface area contributed by atoms with Gasteiger partial charge in [0.2, 0.25) is 15.9 Å². The van der Waals surface area contributed by atoms with Gasteiger partial charge in [-0.05, 0) is 73.3 Å². The number of hydrogen-bond donors (Lipinski definition) is 1. The summed E-state index contributed by atoms with van der Waals surface area (Å²) < 4.78 is 36.7. The third-order valence-corrected chi connectivity index (χ3v) is 10.7. The van der Waals surface area contributed by atoms with E-state index in [-0.39, 0.29) is 17.2 Å². The standard InChI is InChI=1S/C36H42N4O4S/c41-35(40-22-17-36(18-23-40,32-14-9-19-37-28-32)44-25-24-39-20-7-2-8-21-39)27-34(30-11-3-1-4-12-30)38-45(42,43)33-16-15-29-10-5-6-13-31(29)26-33/h1,3-6,9-16,19,26,28,34,38H,2,7-8,17-18,20-25,27H2. The summed E-state index contributed by atoms with van der Waals surface area (Å²) in [4.78, 5) is 22.6. The Labute approximate surface area is 266 Å². The largest absolute Gasteiger partial charge is 0.369 e. The third-order valence-electron chi connectivity index (χ3n) is 9.26. The van der Waals surface area contributed by atoms with Crippen LogP contribution in [0.1, 0.15) is 55.7 Å². The first-order valence-electron chi connectivity index (χ1n) is 16.0. The fourth-order valence-electron chi connectivity index (χ4n) is 6.63. The maximum Gasteiger partial charge on any atom is 0.241 e. The number of likely N-dealkylation sites (tertiary alicyclic amines) is 2. The van der Waals surface area contributed by atoms with E-state index in [1.165, 1.54) is 19.3 Å². The monoisotopic (exact) mass is 626 g/mol. The van der Waals surface area contributed by atoms with E-state index < -0.39 is 21.7 Å². The molecule has 1 aromatic heterocycles. The molecule has 0 spiro atoms. The number of carbonyl (C=O) groups is 1. The molecule has 2 saturated heterocycles. The Kier molecular flexibility index (Phi) is 9.90. The zero-order valence-corrected chi connectivity index (χ0v) is 26.5. The van der Waals surface area contributed by atoms with Crippen molar-refractivity contribution in [2.75, 3.05) is 39.3 Å². The zero-order valence-electron chi connectivity index (χ0n) is 25.7. The summed E-state index contributed by atoms with van der Waals surface area (Å²) >= 11 is 0. The van der Waals surface area contributed by atoms with Crippen LogP contribution in [0.5, 0.6) is 0 Å². The molecule has 1 N–H and O–H groups in total. The summed E-state index contributed by atoms with van der Waals surface area (Å²) in [6, 6.07) is 25.4. The lowest BCUT2D eigenvalue weighted by molar-refractivity contribution is -0.140. The Morgan fingerprint density at radius 2 is 1.60 bits per heavy atom. The molecule has 4 aromatic rings. The SMILES string of the molecule is O=C(CC(NS(=O)(=O)c1ccc2ccccc2c1)c1ccccc1)N1CCC(OCCN2CCCCC2)(c2cccnc2)CC1. The topological polar surface area (TPSA) is 91.8 Å². The molecule has 6 rings (SSSR count). The van der Waals surface area contributed by atoms with Gasteiger partial charge in [-0.1, -0.05) is 73.2 Å². The van der Waals surface area contributed by atoms with Crippen LogP contribution in [0.4, 0.5) is 0 Å². The Bertz CT molecular complexity index is 1670. The number of sulfonamides is 1. The van der Waals surface area contributed by atoms with Gasteiger partial charge in [0.25, 0.3) is 0 Å². The average Bonchev–Trinajstić information content (AvgIpc) is 3.09. The second-order valence-electron chi connectivity index (χ2n) is 12.2. The number of benzene rings is 3. The quantitative estimate of drug-likeness (QED) is 0.231. The number of ether oxygens (including phenoxy) is 1. The number of rotatable bonds is 11. The van der Waals surface area contributed by atoms with E-state index in [1.54, 1.807) is 18.3 Å². The second kappa shape index (κ2) is 14.2. The van der Waals surface area contributed by atoms with E-state index in [0.29, 0.717) is 32.5 Å². The van der Waals surface area contributed by atoms with Crippen molar-refractivity contribution >= 4 is 26.7 Å². The van der Waals surface area contributed by atoms with Gasteiger partial charge >= 0.3 is 0 Å². The lowest BCUT2D eigenvalue weighted by Crippen LogP contribution is -2.48. The van der Waals surface area contributed by atoms with Crippen molar-refractivity contribution in [1.82, 2.24) is 19.5 Å². The smallest absolute Gasteiger partial charge is 0.241 e. The normalized spacial score (nSPS) is 18.1. The predicted octanol–water partition coefficient (Wildman–Crippen LogP) is 5.66. The van der Waals surface area contributed by atoms with Gasteiger partial charge in [-0.15, -0.1) is 0 Å². The molecular formula is C36H42N4O4S. The number of carbonyl (C=O) groups excluding carboxylic acids is 1. The van der Waals surface area contributed by atoms with Crippen molar-refractivity contribution in [2.45, 2.75) is 55.1 Å². The molecule has 3 aromatic carbocycles. The van der Waals surface area contributed by atoms with E-state index in [2.05, 4.69) is 20.7 Å². The Morgan fingerprint density at radius 3 is 2.33 bits per heavy atom. The van der Waals surface area contributed by atoms with Crippen molar-refractivity contribution in [1.29, 1.82) is 0 Å². The van der Waals surface area contributed by atoms with Gasteiger partial charge in [0.1, 0.15) is 0 Å². The van der Waals surface area contributed by atoms with E-state index >= 15 is 0 Å². The summed E-state index contributed by atoms with van der Waals surface area (Å²) in [5.41, 5.74) is 1.29. The molecule has 1 atom stereocenters. The highest BCUT2D eigenvalue weighted by molar-refractivity contribution is 7.89. The van der Waals surface area contributed by atoms with Crippen LogP contribution in [0, 0.1) is 0 Å². The molecule has 9 heteroatoms. The average molecular weight is 627 g/mol. The van der Waals surface area contributed by atoms with Crippen LogP contribution in [0.15, 0.2) is 102 Å². The summed E-state index contributed by atoms with van der Waals surface area (Å²) in [6.07, 6.45) is 8.77. The first kappa shape index (κ1) is 31.4. The van der Waals surface area contributed by atoms with Crippen LogP contribution in [0.25, 0.3) is 10.8 Å². The van der Waals surface area contributed by atoms with Crippen molar-refractivity contribution in [3.8, 4) is 0 Å². The van der Waals surface area contributed by atoms with Crippen LogP contribution in [-0.2, 0) is 25.2 Å². The van der Waals surface area contributed by atoms with Crippen LogP contribution in [0.2, 0.25) is 0 Å². The number of nitrogens with zero attached hydrogens (tertiary/aromatic N) is 3. The molecule has 1 amide bonds. The van der Waals surface area contributed by atoms with E-state index in [1.807, 2.05) is 77.8 Å². The van der Waals surface area contributed by atoms with E-state index in [0.717, 1.165) is 41.5 Å². The van der Waals surface area contributed by atoms with Gasteiger partial charge in [-0.2, -0.15) is 0 Å². The predicted molar refractivity (Wildman–Crippen MR) is 176 cm³/mol. The van der Waals surface area contributed by atoms with Crippen LogP contribution >= 0.6 is 0 Å². The Morgan fingerprint density at radius 1 is 0.867 bits per heavy atom. The first-order valence-corrected chi connectivity index (χ1v) is 17.5. The molecule has 8 nitrogen and oxygen atoms in total. The minimum Gasteiger partial charge on any atom is -0.369 e. The highest BCUT2D eigenvalue weighted by Crippen LogP contribution is 2.37. The fraction of sp³-hybridized carbons (Fsp3) is 0.389. The summed E-state index contributed by atoms with van der Waals surface area (Å²) in [6.45, 7) is 4.83. The highest BCUT2D eigenvalue weighted by atomic mass is 32.2. The van der Waals surface area contributed by atoms with Crippen molar-refractivity contribution in [2.24, 2.45) is 0 Å². The lowest BCUT2D eigenvalue weighted by Gasteiger charge is -2.42. The van der Waals surface area contributed by atoms with Gasteiger partial charge in [0.15, 0.2) is 0 Å². The molecule has 0 saturated carbocycles. The summed E-state index contributed by atoms with van der Waals surface area (Å²) in [5.74, 6) is -0.0850. The van der Waals surface area contributed by atoms with Gasteiger partial charge in [-0.3, -0.25) is 9.78 Å². The number of hydrogen-bond acceptors (Lipinski definition) is 6. The van der Waals surface area contributed by atoms with Gasteiger partial charge in [0, 0.05) is 44.0 Å². The molecule has 2 aliphatic heterocycles. The first-order chi connectivity index (χ1) is 21.9. The lowest BCUT2D eigenvalue weighted by atomic mass is 9.84. The number of aromatic nitrogens is 1. The summed E-state index contributed by atoms with van der Waals surface area (Å²) in [7, 11) is -3.90. The number of piperidine rings is 2. The van der Waals surface area contributed by atoms with Crippen LogP contribution in [-0.4, -0.2) is 68.4 Å². The maximum absolute atomic E-state index is 13.8. The molecule has 45 heavy (non-hydrogen) atoms. The van der Waals surface area contributed by atoms with Crippen LogP contribution in [0.3, 0.4) is 0 Å². The number of fused-ring (bicyclic) bond motifs is 1. The number of amides is 1. The number of nitrogens with one attached hydrogen (secondary N) is 1. The van der Waals surface area contributed by atoms with Crippen molar-refractivity contribution in [3.63, 3.8) is 0 Å². The van der Waals surface area contributed by atoms with Gasteiger partial charge < -0.3 is 14.5 Å². The fourth-order valence-corrected chi connectivity index (χ4v) is 7.88. The molecule has 3 heterocycles. The van der Waals surface area contributed by atoms with Gasteiger partial charge in [0.05, 0.1) is 23.1 Å². The van der Waals surface area contributed by atoms with Crippen molar-refractivity contribution in [3.05, 3.63) is 108 Å². The molecule has 2 aliphatic rings. The molecule has 236 valence electrons. The minimum atomic E-state index is -3.90. The van der Waals surface area contributed by atoms with E-state index in [4.69, 9.17) is 4.74 Å². The molecule has 0 bridgehead atoms. The van der Waals surface area contributed by atoms with Crippen molar-refractivity contribution < 1.29 is 17.9 Å². The third kappa shape index (κ3) is 7.61. The van der Waals surface area contributed by atoms with Crippen LogP contribution < -0.4 is 4.72 Å². The molecular weight excluding hydrogens is 584 g/mol. The summed E-state index contributed by atoms with van der Waals surface area (Å²) in [5, 5.41) is 1.81. The molecule has 2 fully saturated rings. The molecule has 0 aliphatic carbocycles.